The van der Waals surface area contributed by atoms with E-state index in [1.54, 1.807) is 24.4 Å². The molecule has 9 heteroatoms. The lowest BCUT2D eigenvalue weighted by Crippen LogP contribution is -2.02. The lowest BCUT2D eigenvalue weighted by molar-refractivity contribution is -0.404. The molecule has 0 bridgehead atoms. The molecule has 0 radical (unpaired) electrons. The van der Waals surface area contributed by atoms with Crippen LogP contribution in [0.4, 0.5) is 11.8 Å². The number of hydrogen-bond donors (Lipinski definition) is 0. The standard InChI is InChI=1S/C11H5N5O4/c17-15(18)10-7-3-4-8-6(2-1-5-12-8)9(7)13-11(14-10)16(19)20/h1-5H. The molecule has 0 aliphatic heterocycles. The smallest absolute Gasteiger partial charge is 0.389 e. The summed E-state index contributed by atoms with van der Waals surface area (Å²) in [5.41, 5.74) is 0.686. The molecule has 2 heterocycles. The molecule has 9 nitrogen and oxygen atoms in total. The number of aromatic nitrogens is 3. The van der Waals surface area contributed by atoms with Gasteiger partial charge in [-0.15, -0.1) is 0 Å². The summed E-state index contributed by atoms with van der Waals surface area (Å²) in [4.78, 5) is 31.4. The van der Waals surface area contributed by atoms with Crippen LogP contribution < -0.4 is 0 Å². The second kappa shape index (κ2) is 4.16. The Balaban J connectivity index is 2.53. The Kier molecular flexibility index (Phi) is 2.46. The highest BCUT2D eigenvalue weighted by Crippen LogP contribution is 2.29. The molecule has 0 fully saturated rings. The van der Waals surface area contributed by atoms with Gasteiger partial charge in [-0.2, -0.15) is 0 Å². The Morgan fingerprint density at radius 1 is 0.950 bits per heavy atom. The summed E-state index contributed by atoms with van der Waals surface area (Å²) in [5, 5.41) is 22.4. The Morgan fingerprint density at radius 2 is 1.75 bits per heavy atom. The number of rotatable bonds is 2. The number of benzene rings is 1. The maximum atomic E-state index is 11.0. The highest BCUT2D eigenvalue weighted by molar-refractivity contribution is 6.06. The predicted molar refractivity (Wildman–Crippen MR) is 68.1 cm³/mol. The molecule has 20 heavy (non-hydrogen) atoms. The number of hydrogen-bond acceptors (Lipinski definition) is 7. The molecule has 0 saturated carbocycles. The summed E-state index contributed by atoms with van der Waals surface area (Å²) in [5.74, 6) is -1.40. The maximum absolute atomic E-state index is 11.0. The molecule has 0 aliphatic carbocycles. The lowest BCUT2D eigenvalue weighted by atomic mass is 10.1. The number of pyridine rings is 1. The summed E-state index contributed by atoms with van der Waals surface area (Å²) in [7, 11) is 0. The zero-order valence-corrected chi connectivity index (χ0v) is 9.76. The van der Waals surface area contributed by atoms with E-state index in [9.17, 15) is 20.2 Å². The van der Waals surface area contributed by atoms with Gasteiger partial charge >= 0.3 is 11.8 Å². The largest absolute Gasteiger partial charge is 0.509 e. The second-order valence-electron chi connectivity index (χ2n) is 3.89. The minimum atomic E-state index is -0.859. The fraction of sp³-hybridized carbons (Fsp3) is 0. The summed E-state index contributed by atoms with van der Waals surface area (Å²) >= 11 is 0. The first-order valence-corrected chi connectivity index (χ1v) is 5.42. The van der Waals surface area contributed by atoms with Crippen molar-refractivity contribution in [3.63, 3.8) is 0 Å². The van der Waals surface area contributed by atoms with Gasteiger partial charge in [0.15, 0.2) is 5.52 Å². The SMILES string of the molecule is O=[N+]([O-])c1nc([N+](=O)[O-])c2ccc3ncccc3c2n1. The first-order valence-electron chi connectivity index (χ1n) is 5.42. The van der Waals surface area contributed by atoms with Crippen molar-refractivity contribution >= 4 is 33.6 Å². The van der Waals surface area contributed by atoms with Gasteiger partial charge in [0.2, 0.25) is 0 Å². The summed E-state index contributed by atoms with van der Waals surface area (Å²) in [6, 6.07) is 6.29. The van der Waals surface area contributed by atoms with Crippen LogP contribution in [0.15, 0.2) is 30.5 Å². The van der Waals surface area contributed by atoms with Crippen LogP contribution in [0.25, 0.3) is 21.8 Å². The molecule has 0 atom stereocenters. The first-order chi connectivity index (χ1) is 9.58. The summed E-state index contributed by atoms with van der Waals surface area (Å²) < 4.78 is 0. The van der Waals surface area contributed by atoms with Gasteiger partial charge in [-0.25, -0.2) is 0 Å². The fourth-order valence-electron chi connectivity index (χ4n) is 1.94. The van der Waals surface area contributed by atoms with Crippen molar-refractivity contribution in [3.8, 4) is 0 Å². The monoisotopic (exact) mass is 271 g/mol. The molecule has 0 saturated heterocycles. The van der Waals surface area contributed by atoms with E-state index in [4.69, 9.17) is 0 Å². The van der Waals surface area contributed by atoms with Gasteiger partial charge in [-0.3, -0.25) is 4.98 Å². The van der Waals surface area contributed by atoms with Crippen LogP contribution in [0.2, 0.25) is 0 Å². The number of nitrogens with zero attached hydrogens (tertiary/aromatic N) is 5. The van der Waals surface area contributed by atoms with E-state index in [1.165, 1.54) is 6.07 Å². The van der Waals surface area contributed by atoms with Crippen molar-refractivity contribution in [2.45, 2.75) is 0 Å². The van der Waals surface area contributed by atoms with Crippen LogP contribution in [-0.4, -0.2) is 24.8 Å². The molecule has 0 amide bonds. The number of nitro groups is 2. The first kappa shape index (κ1) is 11.8. The highest BCUT2D eigenvalue weighted by atomic mass is 16.6. The van der Waals surface area contributed by atoms with Crippen LogP contribution in [-0.2, 0) is 0 Å². The molecule has 0 aliphatic rings. The van der Waals surface area contributed by atoms with Crippen molar-refractivity contribution in [2.75, 3.05) is 0 Å². The number of fused-ring (bicyclic) bond motifs is 3. The molecule has 2 aromatic heterocycles. The molecule has 1 aromatic carbocycles. The van der Waals surface area contributed by atoms with E-state index in [0.29, 0.717) is 10.9 Å². The van der Waals surface area contributed by atoms with E-state index in [0.717, 1.165) is 0 Å². The van der Waals surface area contributed by atoms with Crippen molar-refractivity contribution in [3.05, 3.63) is 50.7 Å². The van der Waals surface area contributed by atoms with Crippen molar-refractivity contribution in [1.82, 2.24) is 15.0 Å². The van der Waals surface area contributed by atoms with Crippen LogP contribution in [0, 0.1) is 20.2 Å². The minimum Gasteiger partial charge on any atom is -0.389 e. The van der Waals surface area contributed by atoms with Crippen LogP contribution in [0.3, 0.4) is 0 Å². The zero-order valence-electron chi connectivity index (χ0n) is 9.76. The van der Waals surface area contributed by atoms with Gasteiger partial charge < -0.3 is 20.2 Å². The Hall–Kier alpha value is -3.23. The third-order valence-corrected chi connectivity index (χ3v) is 2.75. The minimum absolute atomic E-state index is 0.140. The normalized spacial score (nSPS) is 10.8. The van der Waals surface area contributed by atoms with Gasteiger partial charge in [0, 0.05) is 16.6 Å². The third-order valence-electron chi connectivity index (χ3n) is 2.75. The predicted octanol–water partition coefficient (Wildman–Crippen LogP) is 1.99. The molecule has 0 unspecified atom stereocenters. The van der Waals surface area contributed by atoms with Gasteiger partial charge in [0.05, 0.1) is 5.52 Å². The van der Waals surface area contributed by atoms with Crippen molar-refractivity contribution < 1.29 is 9.85 Å². The molecule has 0 N–H and O–H groups in total. The molecular weight excluding hydrogens is 266 g/mol. The van der Waals surface area contributed by atoms with Crippen LogP contribution >= 0.6 is 0 Å². The van der Waals surface area contributed by atoms with E-state index in [2.05, 4.69) is 15.0 Å². The molecule has 98 valence electrons. The Morgan fingerprint density at radius 3 is 2.45 bits per heavy atom. The molecule has 3 rings (SSSR count). The average Bonchev–Trinajstić information content (AvgIpc) is 2.45. The van der Waals surface area contributed by atoms with Crippen molar-refractivity contribution in [1.29, 1.82) is 0 Å². The van der Waals surface area contributed by atoms with E-state index in [1.807, 2.05) is 0 Å². The zero-order chi connectivity index (χ0) is 14.3. The van der Waals surface area contributed by atoms with E-state index < -0.39 is 21.6 Å². The molecule has 0 spiro atoms. The highest BCUT2D eigenvalue weighted by Gasteiger charge is 2.25. The quantitative estimate of drug-likeness (QED) is 0.396. The second-order valence-corrected chi connectivity index (χ2v) is 3.89. The van der Waals surface area contributed by atoms with Crippen LogP contribution in [0.5, 0.6) is 0 Å². The fourth-order valence-corrected chi connectivity index (χ4v) is 1.94. The molecule has 3 aromatic rings. The maximum Gasteiger partial charge on any atom is 0.509 e. The van der Waals surface area contributed by atoms with Crippen molar-refractivity contribution in [2.24, 2.45) is 0 Å². The van der Waals surface area contributed by atoms with Gasteiger partial charge in [0.1, 0.15) is 5.39 Å². The summed E-state index contributed by atoms with van der Waals surface area (Å²) in [6.07, 6.45) is 1.55. The Labute approximate surface area is 110 Å². The van der Waals surface area contributed by atoms with Gasteiger partial charge in [-0.1, -0.05) is 4.98 Å². The van der Waals surface area contributed by atoms with Gasteiger partial charge in [0.25, 0.3) is 0 Å². The lowest BCUT2D eigenvalue weighted by Gasteiger charge is -2.01. The Bertz CT molecular complexity index is 879. The summed E-state index contributed by atoms with van der Waals surface area (Å²) in [6.45, 7) is 0. The van der Waals surface area contributed by atoms with E-state index in [-0.39, 0.29) is 10.9 Å². The van der Waals surface area contributed by atoms with Crippen LogP contribution in [0.1, 0.15) is 0 Å². The topological polar surface area (TPSA) is 125 Å². The van der Waals surface area contributed by atoms with Gasteiger partial charge in [-0.05, 0) is 34.1 Å². The average molecular weight is 271 g/mol. The molecular formula is C11H5N5O4. The third kappa shape index (κ3) is 1.68. The van der Waals surface area contributed by atoms with E-state index >= 15 is 0 Å².